The van der Waals surface area contributed by atoms with Crippen molar-refractivity contribution in [3.63, 3.8) is 0 Å². The van der Waals surface area contributed by atoms with Gasteiger partial charge in [0.05, 0.1) is 0 Å². The van der Waals surface area contributed by atoms with E-state index < -0.39 is 0 Å². The van der Waals surface area contributed by atoms with Gasteiger partial charge in [-0.15, -0.1) is 0 Å². The predicted molar refractivity (Wildman–Crippen MR) is 155 cm³/mol. The highest BCUT2D eigenvalue weighted by molar-refractivity contribution is 6.21. The van der Waals surface area contributed by atoms with Gasteiger partial charge in [-0.3, -0.25) is 0 Å². The lowest BCUT2D eigenvalue weighted by Crippen LogP contribution is -1.92. The summed E-state index contributed by atoms with van der Waals surface area (Å²) in [7, 11) is 0. The number of rotatable bonds is 3. The smallest absolute Gasteiger partial charge is 0.131 e. The Labute approximate surface area is 215 Å². The number of halogens is 1. The molecule has 1 heteroatoms. The van der Waals surface area contributed by atoms with Crippen LogP contribution in [0, 0.1) is 5.82 Å². The summed E-state index contributed by atoms with van der Waals surface area (Å²) in [6.45, 7) is 0. The second kappa shape index (κ2) is 8.72. The normalized spacial score (nSPS) is 11.4. The van der Waals surface area contributed by atoms with E-state index in [1.54, 1.807) is 6.07 Å². The van der Waals surface area contributed by atoms with Crippen LogP contribution in [0.3, 0.4) is 0 Å². The Hall–Kier alpha value is -4.75. The molecule has 0 unspecified atom stereocenters. The van der Waals surface area contributed by atoms with Crippen LogP contribution in [0.2, 0.25) is 0 Å². The van der Waals surface area contributed by atoms with Gasteiger partial charge in [-0.2, -0.15) is 0 Å². The molecular formula is C36H23F. The molecule has 0 aliphatic heterocycles. The lowest BCUT2D eigenvalue weighted by Gasteiger charge is -2.18. The van der Waals surface area contributed by atoms with E-state index in [2.05, 4.69) is 103 Å². The second-order valence-corrected chi connectivity index (χ2v) is 9.46. The van der Waals surface area contributed by atoms with Crippen molar-refractivity contribution in [2.75, 3.05) is 0 Å². The molecule has 0 radical (unpaired) electrons. The molecule has 0 aliphatic carbocycles. The summed E-state index contributed by atoms with van der Waals surface area (Å²) in [4.78, 5) is 0. The molecule has 0 heterocycles. The van der Waals surface area contributed by atoms with Gasteiger partial charge in [-0.25, -0.2) is 4.39 Å². The van der Waals surface area contributed by atoms with Gasteiger partial charge in [0.25, 0.3) is 0 Å². The topological polar surface area (TPSA) is 0 Å². The Morgan fingerprint density at radius 3 is 1.49 bits per heavy atom. The number of fused-ring (bicyclic) bond motifs is 3. The van der Waals surface area contributed by atoms with Crippen LogP contribution in [-0.4, -0.2) is 0 Å². The first-order valence-corrected chi connectivity index (χ1v) is 12.6. The van der Waals surface area contributed by atoms with E-state index in [4.69, 9.17) is 0 Å². The Bertz CT molecular complexity index is 1870. The van der Waals surface area contributed by atoms with E-state index in [1.165, 1.54) is 33.5 Å². The molecule has 0 bridgehead atoms. The van der Waals surface area contributed by atoms with Crippen molar-refractivity contribution in [2.24, 2.45) is 0 Å². The molecule has 0 nitrogen and oxygen atoms in total. The minimum atomic E-state index is -0.203. The number of benzene rings is 7. The standard InChI is InChI=1S/C36H23F/c37-34-16-8-7-15-33(34)36-31-13-5-3-11-29(31)35(30-12-4-6-14-32(30)36)26-20-17-25(18-21-26)28-22-19-24-9-1-2-10-27(24)23-28/h1-23H. The van der Waals surface area contributed by atoms with E-state index in [-0.39, 0.29) is 5.82 Å². The molecule has 0 fully saturated rings. The zero-order valence-electron chi connectivity index (χ0n) is 20.2. The maximum Gasteiger partial charge on any atom is 0.131 e. The van der Waals surface area contributed by atoms with Crippen molar-refractivity contribution < 1.29 is 4.39 Å². The van der Waals surface area contributed by atoms with Gasteiger partial charge >= 0.3 is 0 Å². The van der Waals surface area contributed by atoms with Gasteiger partial charge < -0.3 is 0 Å². The average molecular weight is 475 g/mol. The van der Waals surface area contributed by atoms with Crippen molar-refractivity contribution in [2.45, 2.75) is 0 Å². The summed E-state index contributed by atoms with van der Waals surface area (Å²) < 4.78 is 15.1. The summed E-state index contributed by atoms with van der Waals surface area (Å²) in [5, 5.41) is 6.84. The molecule has 174 valence electrons. The van der Waals surface area contributed by atoms with Crippen molar-refractivity contribution in [1.82, 2.24) is 0 Å². The summed E-state index contributed by atoms with van der Waals surface area (Å²) in [6, 6.07) is 47.7. The molecule has 0 aromatic heterocycles. The molecule has 0 N–H and O–H groups in total. The highest BCUT2D eigenvalue weighted by Crippen LogP contribution is 2.44. The number of hydrogen-bond acceptors (Lipinski definition) is 0. The minimum Gasteiger partial charge on any atom is -0.206 e. The van der Waals surface area contributed by atoms with Gasteiger partial charge in [0.15, 0.2) is 0 Å². The highest BCUT2D eigenvalue weighted by Gasteiger charge is 2.18. The van der Waals surface area contributed by atoms with Crippen LogP contribution in [-0.2, 0) is 0 Å². The molecule has 7 rings (SSSR count). The van der Waals surface area contributed by atoms with Crippen LogP contribution < -0.4 is 0 Å². The third kappa shape index (κ3) is 3.59. The van der Waals surface area contributed by atoms with Crippen molar-refractivity contribution >= 4 is 32.3 Å². The fourth-order valence-corrected chi connectivity index (χ4v) is 5.59. The molecule has 0 atom stereocenters. The highest BCUT2D eigenvalue weighted by atomic mass is 19.1. The van der Waals surface area contributed by atoms with E-state index in [9.17, 15) is 0 Å². The lowest BCUT2D eigenvalue weighted by molar-refractivity contribution is 0.631. The van der Waals surface area contributed by atoms with Gasteiger partial charge in [-0.05, 0) is 66.7 Å². The maximum atomic E-state index is 15.1. The Morgan fingerprint density at radius 1 is 0.351 bits per heavy atom. The molecule has 37 heavy (non-hydrogen) atoms. The molecule has 0 saturated heterocycles. The Morgan fingerprint density at radius 2 is 0.838 bits per heavy atom. The molecule has 0 aliphatic rings. The minimum absolute atomic E-state index is 0.203. The number of hydrogen-bond donors (Lipinski definition) is 0. The monoisotopic (exact) mass is 474 g/mol. The van der Waals surface area contributed by atoms with Crippen LogP contribution in [0.4, 0.5) is 4.39 Å². The summed E-state index contributed by atoms with van der Waals surface area (Å²) in [5.41, 5.74) is 6.29. The van der Waals surface area contributed by atoms with Crippen molar-refractivity contribution in [3.05, 3.63) is 145 Å². The molecule has 0 saturated carbocycles. The lowest BCUT2D eigenvalue weighted by atomic mass is 9.85. The van der Waals surface area contributed by atoms with E-state index in [0.29, 0.717) is 5.56 Å². The Kier molecular flexibility index (Phi) is 5.08. The second-order valence-electron chi connectivity index (χ2n) is 9.46. The van der Waals surface area contributed by atoms with Gasteiger partial charge in [0.1, 0.15) is 5.82 Å². The van der Waals surface area contributed by atoms with E-state index >= 15 is 4.39 Å². The van der Waals surface area contributed by atoms with E-state index in [0.717, 1.165) is 32.7 Å². The fraction of sp³-hybridized carbons (Fsp3) is 0. The van der Waals surface area contributed by atoms with Crippen molar-refractivity contribution in [3.8, 4) is 33.4 Å². The van der Waals surface area contributed by atoms with Crippen LogP contribution in [0.15, 0.2) is 140 Å². The predicted octanol–water partition coefficient (Wildman–Crippen LogP) is 10.3. The van der Waals surface area contributed by atoms with Crippen LogP contribution in [0.5, 0.6) is 0 Å². The molecule has 7 aromatic rings. The van der Waals surface area contributed by atoms with Crippen LogP contribution in [0.25, 0.3) is 65.7 Å². The fourth-order valence-electron chi connectivity index (χ4n) is 5.59. The SMILES string of the molecule is Fc1ccccc1-c1c2ccccc2c(-c2ccc(-c3ccc4ccccc4c3)cc2)c2ccccc12. The summed E-state index contributed by atoms with van der Waals surface area (Å²) in [5.74, 6) is -0.203. The van der Waals surface area contributed by atoms with Crippen LogP contribution in [0.1, 0.15) is 0 Å². The zero-order valence-corrected chi connectivity index (χ0v) is 20.2. The largest absolute Gasteiger partial charge is 0.206 e. The van der Waals surface area contributed by atoms with Gasteiger partial charge in [0, 0.05) is 11.1 Å². The summed E-state index contributed by atoms with van der Waals surface area (Å²) >= 11 is 0. The third-order valence-electron chi connectivity index (χ3n) is 7.33. The molecular weight excluding hydrogens is 451 g/mol. The third-order valence-corrected chi connectivity index (χ3v) is 7.33. The molecule has 7 aromatic carbocycles. The molecule has 0 amide bonds. The average Bonchev–Trinajstić information content (AvgIpc) is 2.96. The maximum absolute atomic E-state index is 15.1. The van der Waals surface area contributed by atoms with Crippen molar-refractivity contribution in [1.29, 1.82) is 0 Å². The first-order chi connectivity index (χ1) is 18.3. The van der Waals surface area contributed by atoms with Gasteiger partial charge in [-0.1, -0.05) is 127 Å². The summed E-state index contributed by atoms with van der Waals surface area (Å²) in [6.07, 6.45) is 0. The first-order valence-electron chi connectivity index (χ1n) is 12.6. The van der Waals surface area contributed by atoms with E-state index in [1.807, 2.05) is 24.3 Å². The Balaban J connectivity index is 1.45. The zero-order chi connectivity index (χ0) is 24.8. The first kappa shape index (κ1) is 21.5. The van der Waals surface area contributed by atoms with Crippen LogP contribution >= 0.6 is 0 Å². The quantitative estimate of drug-likeness (QED) is 0.223. The van der Waals surface area contributed by atoms with Gasteiger partial charge in [0.2, 0.25) is 0 Å². The molecule has 0 spiro atoms.